The summed E-state index contributed by atoms with van der Waals surface area (Å²) in [6, 6.07) is 3.66. The van der Waals surface area contributed by atoms with Gasteiger partial charge in [0, 0.05) is 11.6 Å². The molecule has 4 heteroatoms. The molecule has 0 aliphatic rings. The summed E-state index contributed by atoms with van der Waals surface area (Å²) in [5, 5.41) is 0.478. The van der Waals surface area contributed by atoms with Gasteiger partial charge in [-0.3, -0.25) is 0 Å². The minimum Gasteiger partial charge on any atom is -0.495 e. The number of methoxy groups -OCH3 is 2. The van der Waals surface area contributed by atoms with Crippen LogP contribution in [-0.4, -0.2) is 14.2 Å². The van der Waals surface area contributed by atoms with Crippen molar-refractivity contribution in [3.05, 3.63) is 22.7 Å². The zero-order valence-corrected chi connectivity index (χ0v) is 14.0. The lowest BCUT2D eigenvalue weighted by atomic mass is 9.77. The van der Waals surface area contributed by atoms with Crippen molar-refractivity contribution < 1.29 is 9.47 Å². The highest BCUT2D eigenvalue weighted by Crippen LogP contribution is 2.41. The Morgan fingerprint density at radius 1 is 1.20 bits per heavy atom. The molecule has 0 aliphatic carbocycles. The Balaban J connectivity index is 3.04. The van der Waals surface area contributed by atoms with Crippen LogP contribution in [0.4, 0.5) is 0 Å². The second-order valence-corrected chi connectivity index (χ2v) is 6.69. The molecule has 1 aromatic carbocycles. The number of hydrogen-bond donors (Lipinski definition) is 1. The fourth-order valence-electron chi connectivity index (χ4n) is 2.07. The van der Waals surface area contributed by atoms with Crippen molar-refractivity contribution in [2.24, 2.45) is 17.1 Å². The van der Waals surface area contributed by atoms with E-state index in [9.17, 15) is 0 Å². The first-order valence-electron chi connectivity index (χ1n) is 6.88. The summed E-state index contributed by atoms with van der Waals surface area (Å²) in [5.74, 6) is 1.70. The van der Waals surface area contributed by atoms with E-state index in [0.717, 1.165) is 12.0 Å². The molecule has 20 heavy (non-hydrogen) atoms. The summed E-state index contributed by atoms with van der Waals surface area (Å²) in [5.41, 5.74) is 7.50. The Morgan fingerprint density at radius 3 is 2.25 bits per heavy atom. The van der Waals surface area contributed by atoms with Crippen LogP contribution in [0, 0.1) is 11.3 Å². The van der Waals surface area contributed by atoms with Crippen molar-refractivity contribution in [3.8, 4) is 11.5 Å². The maximum atomic E-state index is 6.35. The molecule has 0 aliphatic heterocycles. The number of ether oxygens (including phenoxy) is 2. The molecule has 114 valence electrons. The van der Waals surface area contributed by atoms with E-state index in [1.54, 1.807) is 14.2 Å². The van der Waals surface area contributed by atoms with Gasteiger partial charge in [0.05, 0.1) is 14.2 Å². The summed E-state index contributed by atoms with van der Waals surface area (Å²) in [6.45, 7) is 8.89. The molecule has 0 saturated heterocycles. The van der Waals surface area contributed by atoms with E-state index in [0.29, 0.717) is 22.4 Å². The van der Waals surface area contributed by atoms with Gasteiger partial charge in [0.1, 0.15) is 16.5 Å². The maximum Gasteiger partial charge on any atom is 0.146 e. The number of halogens is 1. The van der Waals surface area contributed by atoms with E-state index in [1.165, 1.54) is 0 Å². The molecule has 2 unspecified atom stereocenters. The van der Waals surface area contributed by atoms with Gasteiger partial charge in [-0.1, -0.05) is 39.3 Å². The first-order valence-corrected chi connectivity index (χ1v) is 7.26. The molecule has 0 aromatic heterocycles. The largest absolute Gasteiger partial charge is 0.495 e. The molecule has 2 N–H and O–H groups in total. The Labute approximate surface area is 127 Å². The summed E-state index contributed by atoms with van der Waals surface area (Å²) in [6.07, 6.45) is 0.877. The van der Waals surface area contributed by atoms with Crippen LogP contribution in [0.1, 0.15) is 45.7 Å². The molecule has 0 radical (unpaired) electrons. The molecule has 1 rings (SSSR count). The van der Waals surface area contributed by atoms with Gasteiger partial charge in [-0.05, 0) is 29.9 Å². The van der Waals surface area contributed by atoms with Crippen molar-refractivity contribution in [2.45, 2.75) is 40.2 Å². The second kappa shape index (κ2) is 6.68. The Bertz CT molecular complexity index is 455. The van der Waals surface area contributed by atoms with Gasteiger partial charge in [-0.2, -0.15) is 0 Å². The van der Waals surface area contributed by atoms with Crippen LogP contribution in [0.3, 0.4) is 0 Å². The molecular weight excluding hydrogens is 274 g/mol. The van der Waals surface area contributed by atoms with E-state index < -0.39 is 0 Å². The lowest BCUT2D eigenvalue weighted by Crippen LogP contribution is -2.23. The maximum absolute atomic E-state index is 6.35. The van der Waals surface area contributed by atoms with Crippen LogP contribution in [0.5, 0.6) is 11.5 Å². The summed E-state index contributed by atoms with van der Waals surface area (Å²) >= 11 is 6.28. The van der Waals surface area contributed by atoms with Crippen LogP contribution >= 0.6 is 11.6 Å². The predicted molar refractivity (Wildman–Crippen MR) is 84.7 cm³/mol. The lowest BCUT2D eigenvalue weighted by Gasteiger charge is -2.30. The first kappa shape index (κ1) is 17.1. The van der Waals surface area contributed by atoms with E-state index >= 15 is 0 Å². The van der Waals surface area contributed by atoms with E-state index in [2.05, 4.69) is 27.7 Å². The fraction of sp³-hybridized carbons (Fsp3) is 0.625. The Morgan fingerprint density at radius 2 is 1.80 bits per heavy atom. The highest BCUT2D eigenvalue weighted by Gasteiger charge is 2.25. The molecule has 3 nitrogen and oxygen atoms in total. The molecular formula is C16H26ClNO2. The number of benzene rings is 1. The van der Waals surface area contributed by atoms with E-state index in [-0.39, 0.29) is 11.5 Å². The summed E-state index contributed by atoms with van der Waals surface area (Å²) < 4.78 is 10.6. The molecule has 1 aromatic rings. The smallest absolute Gasteiger partial charge is 0.146 e. The van der Waals surface area contributed by atoms with Crippen LogP contribution in [0.2, 0.25) is 5.02 Å². The molecule has 0 amide bonds. The van der Waals surface area contributed by atoms with Gasteiger partial charge < -0.3 is 15.2 Å². The Hall–Kier alpha value is -0.930. The van der Waals surface area contributed by atoms with Gasteiger partial charge in [0.15, 0.2) is 0 Å². The minimum atomic E-state index is -0.109. The molecule has 0 fully saturated rings. The zero-order chi connectivity index (χ0) is 15.5. The highest BCUT2D eigenvalue weighted by molar-refractivity contribution is 6.33. The summed E-state index contributed by atoms with van der Waals surface area (Å²) in [4.78, 5) is 0. The van der Waals surface area contributed by atoms with Crippen molar-refractivity contribution in [3.63, 3.8) is 0 Å². The second-order valence-electron chi connectivity index (χ2n) is 6.31. The van der Waals surface area contributed by atoms with Crippen molar-refractivity contribution >= 4 is 11.6 Å². The molecule has 0 heterocycles. The third-order valence-electron chi connectivity index (χ3n) is 4.00. The standard InChI is InChI=1S/C16H26ClNO2/c1-10(16(2,3)4)9-12(18)11-7-8-13(19-5)14(17)15(11)20-6/h7-8,10,12H,9,18H2,1-6H3. The monoisotopic (exact) mass is 299 g/mol. The molecule has 0 saturated carbocycles. The lowest BCUT2D eigenvalue weighted by molar-refractivity contribution is 0.232. The van der Waals surface area contributed by atoms with Gasteiger partial charge in [-0.25, -0.2) is 0 Å². The van der Waals surface area contributed by atoms with Gasteiger partial charge in [-0.15, -0.1) is 0 Å². The van der Waals surface area contributed by atoms with Gasteiger partial charge in [0.25, 0.3) is 0 Å². The number of rotatable bonds is 5. The number of nitrogens with two attached hydrogens (primary N) is 1. The first-order chi connectivity index (χ1) is 9.22. The third-order valence-corrected chi connectivity index (χ3v) is 4.36. The topological polar surface area (TPSA) is 44.5 Å². The van der Waals surface area contributed by atoms with E-state index in [1.807, 2.05) is 12.1 Å². The van der Waals surface area contributed by atoms with Crippen molar-refractivity contribution in [1.29, 1.82) is 0 Å². The minimum absolute atomic E-state index is 0.109. The van der Waals surface area contributed by atoms with Gasteiger partial charge in [0.2, 0.25) is 0 Å². The quantitative estimate of drug-likeness (QED) is 0.875. The normalized spacial score (nSPS) is 14.8. The molecule has 0 spiro atoms. The number of hydrogen-bond acceptors (Lipinski definition) is 3. The van der Waals surface area contributed by atoms with Crippen LogP contribution in [0.25, 0.3) is 0 Å². The molecule has 0 bridgehead atoms. The van der Waals surface area contributed by atoms with Crippen LogP contribution in [-0.2, 0) is 0 Å². The average molecular weight is 300 g/mol. The predicted octanol–water partition coefficient (Wildman–Crippen LogP) is 4.43. The summed E-state index contributed by atoms with van der Waals surface area (Å²) in [7, 11) is 3.19. The molecule has 2 atom stereocenters. The van der Waals surface area contributed by atoms with Crippen LogP contribution in [0.15, 0.2) is 12.1 Å². The van der Waals surface area contributed by atoms with E-state index in [4.69, 9.17) is 26.8 Å². The van der Waals surface area contributed by atoms with Gasteiger partial charge >= 0.3 is 0 Å². The van der Waals surface area contributed by atoms with Crippen molar-refractivity contribution in [2.75, 3.05) is 14.2 Å². The van der Waals surface area contributed by atoms with Crippen molar-refractivity contribution in [1.82, 2.24) is 0 Å². The van der Waals surface area contributed by atoms with Crippen LogP contribution < -0.4 is 15.2 Å². The third kappa shape index (κ3) is 3.80. The average Bonchev–Trinajstić information content (AvgIpc) is 2.36. The fourth-order valence-corrected chi connectivity index (χ4v) is 2.40. The Kier molecular flexibility index (Phi) is 5.72. The SMILES string of the molecule is COc1ccc(C(N)CC(C)C(C)(C)C)c(OC)c1Cl. The highest BCUT2D eigenvalue weighted by atomic mass is 35.5. The zero-order valence-electron chi connectivity index (χ0n) is 13.3.